The quantitative estimate of drug-likeness (QED) is 0.640. The Balaban J connectivity index is 1.72. The minimum atomic E-state index is -0.121. The van der Waals surface area contributed by atoms with Crippen LogP contribution in [0, 0.1) is 0 Å². The Morgan fingerprint density at radius 2 is 1.58 bits per heavy atom. The molecule has 0 saturated carbocycles. The second kappa shape index (κ2) is 7.04. The number of benzene rings is 3. The second-order valence-corrected chi connectivity index (χ2v) is 5.29. The number of fused-ring (bicyclic) bond motifs is 1. The summed E-state index contributed by atoms with van der Waals surface area (Å²) in [5.74, 6) is 1.66. The van der Waals surface area contributed by atoms with Crippen LogP contribution in [0.4, 0.5) is 0 Å². The Hall–Kier alpha value is -3.01. The molecule has 122 valence electrons. The van der Waals surface area contributed by atoms with Crippen LogP contribution in [0.1, 0.15) is 10.4 Å². The van der Waals surface area contributed by atoms with Crippen LogP contribution in [0.25, 0.3) is 10.8 Å². The monoisotopic (exact) mass is 322 g/mol. The zero-order valence-electron chi connectivity index (χ0n) is 13.6. The topological polar surface area (TPSA) is 44.8 Å². The smallest absolute Gasteiger partial charge is 0.200 e. The van der Waals surface area contributed by atoms with Crippen LogP contribution in [0.2, 0.25) is 0 Å². The van der Waals surface area contributed by atoms with Crippen molar-refractivity contribution >= 4 is 16.6 Å². The van der Waals surface area contributed by atoms with E-state index in [1.165, 1.54) is 7.11 Å². The summed E-state index contributed by atoms with van der Waals surface area (Å²) < 4.78 is 16.0. The molecular formula is C20H18O4. The summed E-state index contributed by atoms with van der Waals surface area (Å²) in [6, 6.07) is 18.9. The van der Waals surface area contributed by atoms with Crippen LogP contribution in [-0.2, 0) is 0 Å². The fraction of sp³-hybridized carbons (Fsp3) is 0.150. The van der Waals surface area contributed by atoms with E-state index in [4.69, 9.17) is 14.2 Å². The zero-order valence-corrected chi connectivity index (χ0v) is 13.6. The maximum Gasteiger partial charge on any atom is 0.200 e. The van der Waals surface area contributed by atoms with Crippen molar-refractivity contribution in [2.24, 2.45) is 0 Å². The summed E-state index contributed by atoms with van der Waals surface area (Å²) in [4.78, 5) is 12.3. The van der Waals surface area contributed by atoms with E-state index in [1.54, 1.807) is 25.3 Å². The molecule has 0 N–H and O–H groups in total. The summed E-state index contributed by atoms with van der Waals surface area (Å²) in [5, 5.41) is 2.21. The van der Waals surface area contributed by atoms with Gasteiger partial charge in [0.05, 0.1) is 14.2 Å². The molecule has 0 spiro atoms. The molecule has 4 heteroatoms. The van der Waals surface area contributed by atoms with Gasteiger partial charge in [-0.25, -0.2) is 0 Å². The molecule has 0 aliphatic rings. The molecule has 24 heavy (non-hydrogen) atoms. The SMILES string of the molecule is COc1ccc(C(=O)COc2ccc3ccccc3c2)cc1OC. The van der Waals surface area contributed by atoms with Gasteiger partial charge < -0.3 is 14.2 Å². The fourth-order valence-corrected chi connectivity index (χ4v) is 2.50. The molecule has 0 atom stereocenters. The molecule has 0 aromatic heterocycles. The fourth-order valence-electron chi connectivity index (χ4n) is 2.50. The maximum absolute atomic E-state index is 12.3. The number of Topliss-reactive ketones (excluding diaryl/α,β-unsaturated/α-hetero) is 1. The highest BCUT2D eigenvalue weighted by Crippen LogP contribution is 2.28. The van der Waals surface area contributed by atoms with Gasteiger partial charge in [0.1, 0.15) is 5.75 Å². The van der Waals surface area contributed by atoms with E-state index in [9.17, 15) is 4.79 Å². The summed E-state index contributed by atoms with van der Waals surface area (Å²) in [5.41, 5.74) is 0.522. The van der Waals surface area contributed by atoms with Crippen LogP contribution >= 0.6 is 0 Å². The number of ketones is 1. The predicted octanol–water partition coefficient (Wildman–Crippen LogP) is 4.12. The maximum atomic E-state index is 12.3. The predicted molar refractivity (Wildman–Crippen MR) is 93.3 cm³/mol. The Morgan fingerprint density at radius 3 is 2.33 bits per heavy atom. The van der Waals surface area contributed by atoms with Crippen LogP contribution in [0.3, 0.4) is 0 Å². The van der Waals surface area contributed by atoms with Crippen molar-refractivity contribution < 1.29 is 19.0 Å². The van der Waals surface area contributed by atoms with Gasteiger partial charge in [-0.05, 0) is 41.1 Å². The van der Waals surface area contributed by atoms with E-state index in [1.807, 2.05) is 42.5 Å². The minimum absolute atomic E-state index is 0.0339. The van der Waals surface area contributed by atoms with Gasteiger partial charge in [-0.1, -0.05) is 30.3 Å². The molecule has 0 amide bonds. The Labute approximate surface area is 140 Å². The van der Waals surface area contributed by atoms with Crippen LogP contribution in [0.15, 0.2) is 60.7 Å². The summed E-state index contributed by atoms with van der Waals surface area (Å²) in [6.45, 7) is -0.0339. The molecule has 0 unspecified atom stereocenters. The molecule has 0 heterocycles. The lowest BCUT2D eigenvalue weighted by Gasteiger charge is -2.10. The van der Waals surface area contributed by atoms with E-state index in [-0.39, 0.29) is 12.4 Å². The first-order chi connectivity index (χ1) is 11.7. The van der Waals surface area contributed by atoms with E-state index in [0.29, 0.717) is 22.8 Å². The molecule has 3 aromatic rings. The molecule has 4 nitrogen and oxygen atoms in total. The number of carbonyl (C=O) groups is 1. The average Bonchev–Trinajstić information content (AvgIpc) is 2.65. The van der Waals surface area contributed by atoms with Gasteiger partial charge in [-0.15, -0.1) is 0 Å². The highest BCUT2D eigenvalue weighted by atomic mass is 16.5. The number of methoxy groups -OCH3 is 2. The van der Waals surface area contributed by atoms with Gasteiger partial charge in [0.25, 0.3) is 0 Å². The normalized spacial score (nSPS) is 10.4. The number of carbonyl (C=O) groups excluding carboxylic acids is 1. The van der Waals surface area contributed by atoms with Gasteiger partial charge in [-0.3, -0.25) is 4.79 Å². The zero-order chi connectivity index (χ0) is 16.9. The lowest BCUT2D eigenvalue weighted by molar-refractivity contribution is 0.0921. The second-order valence-electron chi connectivity index (χ2n) is 5.29. The molecule has 0 bridgehead atoms. The standard InChI is InChI=1S/C20H18O4/c1-22-19-10-8-16(12-20(19)23-2)18(21)13-24-17-9-7-14-5-3-4-6-15(14)11-17/h3-12H,13H2,1-2H3. The lowest BCUT2D eigenvalue weighted by atomic mass is 10.1. The first-order valence-corrected chi connectivity index (χ1v) is 7.58. The van der Waals surface area contributed by atoms with E-state index in [0.717, 1.165) is 10.8 Å². The Morgan fingerprint density at radius 1 is 0.833 bits per heavy atom. The molecule has 0 aliphatic heterocycles. The third-order valence-corrected chi connectivity index (χ3v) is 3.80. The third kappa shape index (κ3) is 3.33. The van der Waals surface area contributed by atoms with Gasteiger partial charge >= 0.3 is 0 Å². The number of hydrogen-bond donors (Lipinski definition) is 0. The number of hydrogen-bond acceptors (Lipinski definition) is 4. The van der Waals surface area contributed by atoms with E-state index < -0.39 is 0 Å². The van der Waals surface area contributed by atoms with Crippen molar-refractivity contribution in [1.29, 1.82) is 0 Å². The first-order valence-electron chi connectivity index (χ1n) is 7.58. The largest absolute Gasteiger partial charge is 0.493 e. The Bertz CT molecular complexity index is 870. The van der Waals surface area contributed by atoms with Crippen LogP contribution < -0.4 is 14.2 Å². The van der Waals surface area contributed by atoms with Crippen molar-refractivity contribution in [2.45, 2.75) is 0 Å². The highest BCUT2D eigenvalue weighted by Gasteiger charge is 2.11. The van der Waals surface area contributed by atoms with Gasteiger partial charge in [0.2, 0.25) is 0 Å². The first kappa shape index (κ1) is 15.9. The van der Waals surface area contributed by atoms with Crippen molar-refractivity contribution in [3.8, 4) is 17.2 Å². The molecular weight excluding hydrogens is 304 g/mol. The van der Waals surface area contributed by atoms with E-state index >= 15 is 0 Å². The van der Waals surface area contributed by atoms with Crippen molar-refractivity contribution in [3.05, 3.63) is 66.2 Å². The van der Waals surface area contributed by atoms with Gasteiger partial charge in [0.15, 0.2) is 23.9 Å². The minimum Gasteiger partial charge on any atom is -0.493 e. The third-order valence-electron chi connectivity index (χ3n) is 3.80. The molecule has 0 saturated heterocycles. The van der Waals surface area contributed by atoms with Gasteiger partial charge in [0, 0.05) is 5.56 Å². The average molecular weight is 322 g/mol. The molecule has 0 fully saturated rings. The molecule has 3 aromatic carbocycles. The number of rotatable bonds is 6. The van der Waals surface area contributed by atoms with Crippen LogP contribution in [0.5, 0.6) is 17.2 Å². The summed E-state index contributed by atoms with van der Waals surface area (Å²) in [7, 11) is 3.10. The molecule has 0 aliphatic carbocycles. The van der Waals surface area contributed by atoms with Crippen molar-refractivity contribution in [2.75, 3.05) is 20.8 Å². The van der Waals surface area contributed by atoms with Crippen LogP contribution in [-0.4, -0.2) is 26.6 Å². The highest BCUT2D eigenvalue weighted by molar-refractivity contribution is 5.98. The van der Waals surface area contributed by atoms with Crippen molar-refractivity contribution in [3.63, 3.8) is 0 Å². The van der Waals surface area contributed by atoms with Gasteiger partial charge in [-0.2, -0.15) is 0 Å². The molecule has 0 radical (unpaired) electrons. The van der Waals surface area contributed by atoms with Crippen molar-refractivity contribution in [1.82, 2.24) is 0 Å². The summed E-state index contributed by atoms with van der Waals surface area (Å²) in [6.07, 6.45) is 0. The lowest BCUT2D eigenvalue weighted by Crippen LogP contribution is -2.11. The molecule has 3 rings (SSSR count). The number of ether oxygens (including phenoxy) is 3. The summed E-state index contributed by atoms with van der Waals surface area (Å²) >= 11 is 0. The Kier molecular flexibility index (Phi) is 4.66. The van der Waals surface area contributed by atoms with E-state index in [2.05, 4.69) is 0 Å².